The minimum absolute atomic E-state index is 0.131. The lowest BCUT2D eigenvalue weighted by atomic mass is 10.2. The van der Waals surface area contributed by atoms with Crippen molar-refractivity contribution < 1.29 is 19.4 Å². The highest BCUT2D eigenvalue weighted by Gasteiger charge is 2.03. The van der Waals surface area contributed by atoms with E-state index >= 15 is 0 Å². The summed E-state index contributed by atoms with van der Waals surface area (Å²) in [6.07, 6.45) is 2.02. The molecule has 1 aromatic carbocycles. The first-order valence-corrected chi connectivity index (χ1v) is 5.55. The number of rotatable bonds is 5. The van der Waals surface area contributed by atoms with Crippen LogP contribution in [-0.2, 0) is 6.61 Å². The lowest BCUT2D eigenvalue weighted by Crippen LogP contribution is -2.01. The molecule has 0 amide bonds. The molecule has 0 aliphatic heterocycles. The smallest absolute Gasteiger partial charge is 0.337 e. The van der Waals surface area contributed by atoms with Crippen molar-refractivity contribution in [1.29, 1.82) is 0 Å². The van der Waals surface area contributed by atoms with Crippen LogP contribution in [0.1, 0.15) is 26.4 Å². The van der Waals surface area contributed by atoms with E-state index < -0.39 is 5.97 Å². The molecule has 0 spiro atoms. The van der Waals surface area contributed by atoms with Crippen LogP contribution in [0.2, 0.25) is 0 Å². The molecule has 2 rings (SSSR count). The van der Waals surface area contributed by atoms with Crippen LogP contribution in [0.15, 0.2) is 42.6 Å². The second-order valence-corrected chi connectivity index (χ2v) is 3.82. The third-order valence-corrected chi connectivity index (χ3v) is 2.45. The standard InChI is InChI=1S/C14H11NO4/c16-8-10-2-1-3-13(6-10)19-9-12-5-4-11(7-15-12)14(17)18/h1-8H,9H2,(H,17,18). The Morgan fingerprint density at radius 3 is 2.79 bits per heavy atom. The number of aldehydes is 1. The molecule has 5 heteroatoms. The molecule has 1 aromatic heterocycles. The fourth-order valence-electron chi connectivity index (χ4n) is 1.47. The van der Waals surface area contributed by atoms with E-state index in [1.165, 1.54) is 12.3 Å². The highest BCUT2D eigenvalue weighted by Crippen LogP contribution is 2.13. The number of ether oxygens (including phenoxy) is 1. The first-order valence-electron chi connectivity index (χ1n) is 5.55. The van der Waals surface area contributed by atoms with E-state index in [2.05, 4.69) is 4.98 Å². The molecule has 0 radical (unpaired) electrons. The van der Waals surface area contributed by atoms with Gasteiger partial charge in [0.1, 0.15) is 18.6 Å². The maximum atomic E-state index is 10.7. The third kappa shape index (κ3) is 3.38. The van der Waals surface area contributed by atoms with Crippen molar-refractivity contribution >= 4 is 12.3 Å². The molecule has 5 nitrogen and oxygen atoms in total. The van der Waals surface area contributed by atoms with Gasteiger partial charge in [-0.3, -0.25) is 9.78 Å². The number of carboxylic acids is 1. The molecule has 0 saturated heterocycles. The molecular weight excluding hydrogens is 246 g/mol. The number of hydrogen-bond acceptors (Lipinski definition) is 4. The monoisotopic (exact) mass is 257 g/mol. The van der Waals surface area contributed by atoms with Crippen LogP contribution >= 0.6 is 0 Å². The van der Waals surface area contributed by atoms with Gasteiger partial charge in [0.2, 0.25) is 0 Å². The summed E-state index contributed by atoms with van der Waals surface area (Å²) in [4.78, 5) is 25.3. The van der Waals surface area contributed by atoms with Crippen molar-refractivity contribution in [2.24, 2.45) is 0 Å². The predicted molar refractivity (Wildman–Crippen MR) is 67.4 cm³/mol. The van der Waals surface area contributed by atoms with Crippen molar-refractivity contribution in [2.45, 2.75) is 6.61 Å². The molecular formula is C14H11NO4. The van der Waals surface area contributed by atoms with E-state index in [4.69, 9.17) is 9.84 Å². The topological polar surface area (TPSA) is 76.5 Å². The Balaban J connectivity index is 2.01. The number of benzene rings is 1. The number of hydrogen-bond donors (Lipinski definition) is 1. The first kappa shape index (κ1) is 12.8. The van der Waals surface area contributed by atoms with Gasteiger partial charge in [-0.15, -0.1) is 0 Å². The van der Waals surface area contributed by atoms with Crippen LogP contribution in [-0.4, -0.2) is 22.3 Å². The van der Waals surface area contributed by atoms with Crippen LogP contribution in [0.3, 0.4) is 0 Å². The second-order valence-electron chi connectivity index (χ2n) is 3.82. The molecule has 0 atom stereocenters. The number of carboxylic acid groups (broad SMARTS) is 1. The van der Waals surface area contributed by atoms with Crippen molar-refractivity contribution in [2.75, 3.05) is 0 Å². The van der Waals surface area contributed by atoms with E-state index in [1.807, 2.05) is 0 Å². The fraction of sp³-hybridized carbons (Fsp3) is 0.0714. The fourth-order valence-corrected chi connectivity index (χ4v) is 1.47. The molecule has 1 heterocycles. The molecule has 0 bridgehead atoms. The Morgan fingerprint density at radius 1 is 1.32 bits per heavy atom. The number of carbonyl (C=O) groups excluding carboxylic acids is 1. The highest BCUT2D eigenvalue weighted by atomic mass is 16.5. The zero-order valence-corrected chi connectivity index (χ0v) is 9.95. The molecule has 0 unspecified atom stereocenters. The Morgan fingerprint density at radius 2 is 2.16 bits per heavy atom. The molecule has 0 aliphatic carbocycles. The molecule has 1 N–H and O–H groups in total. The van der Waals surface area contributed by atoms with Crippen LogP contribution in [0.25, 0.3) is 0 Å². The summed E-state index contributed by atoms with van der Waals surface area (Å²) in [6, 6.07) is 9.82. The quantitative estimate of drug-likeness (QED) is 0.831. The molecule has 0 aliphatic rings. The Kier molecular flexibility index (Phi) is 3.87. The summed E-state index contributed by atoms with van der Waals surface area (Å²) in [6.45, 7) is 0.211. The van der Waals surface area contributed by atoms with E-state index in [1.54, 1.807) is 30.3 Å². The molecule has 19 heavy (non-hydrogen) atoms. The van der Waals surface area contributed by atoms with Gasteiger partial charge in [-0.05, 0) is 24.3 Å². The van der Waals surface area contributed by atoms with E-state index in [0.29, 0.717) is 17.0 Å². The van der Waals surface area contributed by atoms with Crippen LogP contribution < -0.4 is 4.74 Å². The summed E-state index contributed by atoms with van der Waals surface area (Å²) in [5.74, 6) is -0.452. The molecule has 96 valence electrons. The first-order chi connectivity index (χ1) is 9.19. The van der Waals surface area contributed by atoms with Gasteiger partial charge in [-0.1, -0.05) is 12.1 Å². The maximum absolute atomic E-state index is 10.7. The Labute approximate surface area is 109 Å². The maximum Gasteiger partial charge on any atom is 0.337 e. The summed E-state index contributed by atoms with van der Waals surface area (Å²) in [7, 11) is 0. The predicted octanol–water partition coefficient (Wildman–Crippen LogP) is 2.17. The minimum atomic E-state index is -1.02. The Hall–Kier alpha value is -2.69. The van der Waals surface area contributed by atoms with E-state index in [9.17, 15) is 9.59 Å². The van der Waals surface area contributed by atoms with Gasteiger partial charge in [-0.25, -0.2) is 4.79 Å². The van der Waals surface area contributed by atoms with Gasteiger partial charge in [0.25, 0.3) is 0 Å². The normalized spacial score (nSPS) is 9.89. The lowest BCUT2D eigenvalue weighted by Gasteiger charge is -2.06. The summed E-state index contributed by atoms with van der Waals surface area (Å²) < 4.78 is 5.47. The number of nitrogens with zero attached hydrogens (tertiary/aromatic N) is 1. The summed E-state index contributed by atoms with van der Waals surface area (Å²) in [5, 5.41) is 8.74. The molecule has 0 fully saturated rings. The molecule has 0 saturated carbocycles. The largest absolute Gasteiger partial charge is 0.487 e. The molecule has 2 aromatic rings. The minimum Gasteiger partial charge on any atom is -0.487 e. The van der Waals surface area contributed by atoms with Gasteiger partial charge in [0.05, 0.1) is 11.3 Å². The zero-order chi connectivity index (χ0) is 13.7. The average Bonchev–Trinajstić information content (AvgIpc) is 2.46. The zero-order valence-electron chi connectivity index (χ0n) is 9.95. The van der Waals surface area contributed by atoms with Crippen molar-refractivity contribution in [3.63, 3.8) is 0 Å². The van der Waals surface area contributed by atoms with Gasteiger partial charge < -0.3 is 9.84 Å². The van der Waals surface area contributed by atoms with Crippen LogP contribution in [0.5, 0.6) is 5.75 Å². The van der Waals surface area contributed by atoms with Crippen molar-refractivity contribution in [3.05, 3.63) is 59.4 Å². The lowest BCUT2D eigenvalue weighted by molar-refractivity contribution is 0.0696. The van der Waals surface area contributed by atoms with Gasteiger partial charge in [0, 0.05) is 11.8 Å². The number of aromatic nitrogens is 1. The summed E-state index contributed by atoms with van der Waals surface area (Å²) in [5.41, 5.74) is 1.28. The third-order valence-electron chi connectivity index (χ3n) is 2.45. The number of carbonyl (C=O) groups is 2. The highest BCUT2D eigenvalue weighted by molar-refractivity contribution is 5.87. The van der Waals surface area contributed by atoms with Gasteiger partial charge in [0.15, 0.2) is 0 Å². The SMILES string of the molecule is O=Cc1cccc(OCc2ccc(C(=O)O)cn2)c1. The van der Waals surface area contributed by atoms with Crippen molar-refractivity contribution in [3.8, 4) is 5.75 Å². The van der Waals surface area contributed by atoms with Crippen LogP contribution in [0.4, 0.5) is 0 Å². The average molecular weight is 257 g/mol. The number of aromatic carboxylic acids is 1. The van der Waals surface area contributed by atoms with Gasteiger partial charge in [-0.2, -0.15) is 0 Å². The summed E-state index contributed by atoms with van der Waals surface area (Å²) >= 11 is 0. The van der Waals surface area contributed by atoms with E-state index in [0.717, 1.165) is 6.29 Å². The van der Waals surface area contributed by atoms with Crippen molar-refractivity contribution in [1.82, 2.24) is 4.98 Å². The second kappa shape index (κ2) is 5.77. The van der Waals surface area contributed by atoms with Crippen LogP contribution in [0, 0.1) is 0 Å². The van der Waals surface area contributed by atoms with E-state index in [-0.39, 0.29) is 12.2 Å². The Bertz CT molecular complexity index is 593. The van der Waals surface area contributed by atoms with Gasteiger partial charge >= 0.3 is 5.97 Å². The number of pyridine rings is 1.